The van der Waals surface area contributed by atoms with E-state index in [0.29, 0.717) is 10.0 Å². The van der Waals surface area contributed by atoms with Crippen molar-refractivity contribution in [3.63, 3.8) is 0 Å². The monoisotopic (exact) mass is 392 g/mol. The molecule has 128 valence electrons. The molecule has 25 heavy (non-hydrogen) atoms. The van der Waals surface area contributed by atoms with Gasteiger partial charge < -0.3 is 9.88 Å². The third kappa shape index (κ3) is 3.01. The lowest BCUT2D eigenvalue weighted by atomic mass is 10.1. The third-order valence-electron chi connectivity index (χ3n) is 4.03. The summed E-state index contributed by atoms with van der Waals surface area (Å²) in [6.07, 6.45) is 0. The van der Waals surface area contributed by atoms with Crippen molar-refractivity contribution in [1.29, 1.82) is 0 Å². The van der Waals surface area contributed by atoms with Crippen LogP contribution in [0.15, 0.2) is 42.5 Å². The van der Waals surface area contributed by atoms with Crippen LogP contribution < -0.4 is 5.32 Å². The van der Waals surface area contributed by atoms with Gasteiger partial charge in [0.25, 0.3) is 0 Å². The molecule has 4 nitrogen and oxygen atoms in total. The van der Waals surface area contributed by atoms with Crippen LogP contribution in [-0.4, -0.2) is 14.5 Å². The topological polar surface area (TPSA) is 42.7 Å². The summed E-state index contributed by atoms with van der Waals surface area (Å²) in [4.78, 5) is 9.19. The molecule has 2 aromatic carbocycles. The van der Waals surface area contributed by atoms with E-state index in [2.05, 4.69) is 15.3 Å². The smallest absolute Gasteiger partial charge is 0.208 e. The lowest BCUT2D eigenvalue weighted by Crippen LogP contribution is -2.01. The number of aromatic nitrogens is 3. The Labute approximate surface area is 161 Å². The summed E-state index contributed by atoms with van der Waals surface area (Å²) in [6.45, 7) is 1.95. The second-order valence-corrected chi connectivity index (χ2v) is 6.46. The quantitative estimate of drug-likeness (QED) is 0.461. The molecule has 7 heteroatoms. The first-order valence-corrected chi connectivity index (χ1v) is 8.24. The Morgan fingerprint density at radius 2 is 1.76 bits per heavy atom. The molecule has 0 radical (unpaired) electrons. The number of nitrogens with zero attached hydrogens (tertiary/aromatic N) is 3. The number of benzene rings is 2. The third-order valence-corrected chi connectivity index (χ3v) is 4.83. The second kappa shape index (κ2) is 6.71. The number of imidazole rings is 1. The van der Waals surface area contributed by atoms with Crippen LogP contribution in [-0.2, 0) is 7.05 Å². The predicted octanol–water partition coefficient (Wildman–Crippen LogP) is 5.90. The Morgan fingerprint density at radius 1 is 1.00 bits per heavy atom. The molecule has 0 aliphatic heterocycles. The molecule has 4 rings (SSSR count). The second-order valence-electron chi connectivity index (χ2n) is 5.67. The van der Waals surface area contributed by atoms with Crippen LogP contribution in [0.4, 0.5) is 11.6 Å². The van der Waals surface area contributed by atoms with Crippen LogP contribution in [0.2, 0.25) is 10.0 Å². The standard InChI is InChI=1S/C18H14Cl2N4.ClH/c1-10-9-14(16-13(21-10)8-7-11(19)17(16)20)23-18-22-12-5-3-4-6-15(12)24(18)2;/h3-9H,1-2H3,(H,21,22,23);1H. The number of nitrogens with one attached hydrogen (secondary N) is 1. The van der Waals surface area contributed by atoms with Gasteiger partial charge in [0.1, 0.15) is 0 Å². The highest BCUT2D eigenvalue weighted by atomic mass is 35.5. The van der Waals surface area contributed by atoms with Crippen LogP contribution in [0.1, 0.15) is 5.69 Å². The molecule has 0 spiro atoms. The summed E-state index contributed by atoms with van der Waals surface area (Å²) in [5, 5.41) is 5.17. The number of aryl methyl sites for hydroxylation is 2. The van der Waals surface area contributed by atoms with Crippen molar-refractivity contribution in [2.45, 2.75) is 6.92 Å². The summed E-state index contributed by atoms with van der Waals surface area (Å²) in [5.74, 6) is 0.735. The van der Waals surface area contributed by atoms with Crippen molar-refractivity contribution in [2.75, 3.05) is 5.32 Å². The van der Waals surface area contributed by atoms with E-state index < -0.39 is 0 Å². The Morgan fingerprint density at radius 3 is 2.52 bits per heavy atom. The summed E-state index contributed by atoms with van der Waals surface area (Å²) in [6, 6.07) is 13.6. The SMILES string of the molecule is Cc1cc(Nc2nc3ccccc3n2C)c2c(Cl)c(Cl)ccc2n1.Cl. The summed E-state index contributed by atoms with van der Waals surface area (Å²) in [5.41, 5.74) is 4.51. The molecule has 0 aliphatic carbocycles. The van der Waals surface area contributed by atoms with Gasteiger partial charge in [-0.1, -0.05) is 35.3 Å². The highest BCUT2D eigenvalue weighted by Gasteiger charge is 2.14. The van der Waals surface area contributed by atoms with Crippen LogP contribution in [0, 0.1) is 6.92 Å². The Kier molecular flexibility index (Phi) is 4.78. The molecule has 2 aromatic heterocycles. The molecule has 0 fully saturated rings. The van der Waals surface area contributed by atoms with E-state index >= 15 is 0 Å². The average Bonchev–Trinajstić information content (AvgIpc) is 2.87. The fraction of sp³-hybridized carbons (Fsp3) is 0.111. The number of para-hydroxylation sites is 2. The Bertz CT molecular complexity index is 1090. The van der Waals surface area contributed by atoms with E-state index in [4.69, 9.17) is 23.2 Å². The van der Waals surface area contributed by atoms with E-state index in [9.17, 15) is 0 Å². The van der Waals surface area contributed by atoms with Crippen molar-refractivity contribution in [3.8, 4) is 0 Å². The zero-order valence-corrected chi connectivity index (χ0v) is 15.9. The van der Waals surface area contributed by atoms with E-state index in [1.807, 2.05) is 54.9 Å². The van der Waals surface area contributed by atoms with E-state index in [-0.39, 0.29) is 12.4 Å². The molecule has 0 unspecified atom stereocenters. The average molecular weight is 394 g/mol. The fourth-order valence-electron chi connectivity index (χ4n) is 2.87. The summed E-state index contributed by atoms with van der Waals surface area (Å²) < 4.78 is 2.01. The van der Waals surface area contributed by atoms with Gasteiger partial charge in [0.05, 0.1) is 32.3 Å². The zero-order chi connectivity index (χ0) is 16.8. The molecule has 0 atom stereocenters. The minimum absolute atomic E-state index is 0. The summed E-state index contributed by atoms with van der Waals surface area (Å²) in [7, 11) is 1.97. The first kappa shape index (κ1) is 17.8. The van der Waals surface area contributed by atoms with E-state index in [1.165, 1.54) is 0 Å². The maximum atomic E-state index is 6.43. The molecular formula is C18H15Cl3N4. The number of halogens is 3. The lowest BCUT2D eigenvalue weighted by molar-refractivity contribution is 0.958. The number of anilines is 2. The van der Waals surface area contributed by atoms with Gasteiger partial charge >= 0.3 is 0 Å². The number of hydrogen-bond acceptors (Lipinski definition) is 3. The zero-order valence-electron chi connectivity index (χ0n) is 13.5. The Balaban J connectivity index is 0.00000182. The molecule has 0 aliphatic rings. The lowest BCUT2D eigenvalue weighted by Gasteiger charge is -2.12. The van der Waals surface area contributed by atoms with Crippen LogP contribution in [0.3, 0.4) is 0 Å². The van der Waals surface area contributed by atoms with Crippen molar-refractivity contribution in [1.82, 2.24) is 14.5 Å². The first-order chi connectivity index (χ1) is 11.5. The molecule has 0 bridgehead atoms. The van der Waals surface area contributed by atoms with E-state index in [1.54, 1.807) is 6.07 Å². The maximum absolute atomic E-state index is 6.43. The van der Waals surface area contributed by atoms with Crippen molar-refractivity contribution < 1.29 is 0 Å². The minimum atomic E-state index is 0. The molecule has 2 heterocycles. The van der Waals surface area contributed by atoms with Gasteiger partial charge in [0.15, 0.2) is 0 Å². The van der Waals surface area contributed by atoms with Crippen molar-refractivity contribution in [2.24, 2.45) is 7.05 Å². The molecular weight excluding hydrogens is 379 g/mol. The van der Waals surface area contributed by atoms with Gasteiger partial charge in [0, 0.05) is 18.1 Å². The highest BCUT2D eigenvalue weighted by molar-refractivity contribution is 6.45. The van der Waals surface area contributed by atoms with Gasteiger partial charge in [-0.2, -0.15) is 0 Å². The maximum Gasteiger partial charge on any atom is 0.208 e. The van der Waals surface area contributed by atoms with Crippen molar-refractivity contribution in [3.05, 3.63) is 58.2 Å². The van der Waals surface area contributed by atoms with Gasteiger partial charge in [-0.15, -0.1) is 12.4 Å². The number of hydrogen-bond donors (Lipinski definition) is 1. The van der Waals surface area contributed by atoms with Crippen LogP contribution in [0.25, 0.3) is 21.9 Å². The number of pyridine rings is 1. The molecule has 0 saturated heterocycles. The predicted molar refractivity (Wildman–Crippen MR) is 108 cm³/mol. The molecule has 0 saturated carbocycles. The largest absolute Gasteiger partial charge is 0.325 e. The fourth-order valence-corrected chi connectivity index (χ4v) is 3.29. The van der Waals surface area contributed by atoms with E-state index in [0.717, 1.165) is 39.3 Å². The highest BCUT2D eigenvalue weighted by Crippen LogP contribution is 2.36. The number of rotatable bonds is 2. The van der Waals surface area contributed by atoms with Crippen LogP contribution in [0.5, 0.6) is 0 Å². The van der Waals surface area contributed by atoms with Gasteiger partial charge in [-0.05, 0) is 37.3 Å². The number of fused-ring (bicyclic) bond motifs is 2. The van der Waals surface area contributed by atoms with Gasteiger partial charge in [-0.3, -0.25) is 4.98 Å². The van der Waals surface area contributed by atoms with Crippen LogP contribution >= 0.6 is 35.6 Å². The first-order valence-electron chi connectivity index (χ1n) is 7.48. The molecule has 4 aromatic rings. The van der Waals surface area contributed by atoms with Crippen molar-refractivity contribution >= 4 is 69.2 Å². The summed E-state index contributed by atoms with van der Waals surface area (Å²) >= 11 is 12.6. The normalized spacial score (nSPS) is 10.9. The Hall–Kier alpha value is -2.01. The molecule has 1 N–H and O–H groups in total. The molecule has 0 amide bonds. The van der Waals surface area contributed by atoms with Gasteiger partial charge in [-0.25, -0.2) is 4.98 Å². The minimum Gasteiger partial charge on any atom is -0.325 e. The van der Waals surface area contributed by atoms with Gasteiger partial charge in [0.2, 0.25) is 5.95 Å².